The van der Waals surface area contributed by atoms with Crippen LogP contribution in [-0.2, 0) is 11.3 Å². The normalized spacial score (nSPS) is 16.0. The zero-order valence-electron chi connectivity index (χ0n) is 10.8. The Morgan fingerprint density at radius 3 is 2.74 bits per heavy atom. The summed E-state index contributed by atoms with van der Waals surface area (Å²) in [5, 5.41) is 13.5. The summed E-state index contributed by atoms with van der Waals surface area (Å²) in [5.74, 6) is 0.193. The van der Waals surface area contributed by atoms with E-state index in [1.807, 2.05) is 0 Å². The number of nitrogens with zero attached hydrogens (tertiary/aromatic N) is 1. The van der Waals surface area contributed by atoms with Gasteiger partial charge in [0.1, 0.15) is 0 Å². The van der Waals surface area contributed by atoms with Crippen molar-refractivity contribution in [1.82, 2.24) is 5.32 Å². The van der Waals surface area contributed by atoms with Crippen LogP contribution in [0.2, 0.25) is 0 Å². The summed E-state index contributed by atoms with van der Waals surface area (Å²) in [6.07, 6.45) is 5.37. The van der Waals surface area contributed by atoms with E-state index in [4.69, 9.17) is 0 Å². The van der Waals surface area contributed by atoms with Crippen LogP contribution >= 0.6 is 0 Å². The van der Waals surface area contributed by atoms with Gasteiger partial charge in [0.2, 0.25) is 5.91 Å². The van der Waals surface area contributed by atoms with Gasteiger partial charge in [-0.2, -0.15) is 0 Å². The van der Waals surface area contributed by atoms with Gasteiger partial charge in [0, 0.05) is 24.6 Å². The number of nitrogens with one attached hydrogen (secondary N) is 1. The smallest absolute Gasteiger partial charge is 0.269 e. The number of nitro groups is 1. The largest absolute Gasteiger partial charge is 0.352 e. The third kappa shape index (κ3) is 3.77. The first-order valence-corrected chi connectivity index (χ1v) is 6.68. The molecule has 0 atom stereocenters. The van der Waals surface area contributed by atoms with Crippen LogP contribution in [0.1, 0.15) is 37.7 Å². The van der Waals surface area contributed by atoms with Crippen molar-refractivity contribution in [3.8, 4) is 0 Å². The minimum atomic E-state index is -0.424. The van der Waals surface area contributed by atoms with E-state index in [1.54, 1.807) is 12.1 Å². The molecule has 102 valence electrons. The van der Waals surface area contributed by atoms with Crippen LogP contribution in [-0.4, -0.2) is 10.8 Å². The maximum Gasteiger partial charge on any atom is 0.269 e. The highest BCUT2D eigenvalue weighted by Gasteiger charge is 2.20. The lowest BCUT2D eigenvalue weighted by atomic mass is 9.88. The van der Waals surface area contributed by atoms with Gasteiger partial charge in [-0.15, -0.1) is 0 Å². The van der Waals surface area contributed by atoms with Gasteiger partial charge in [0.05, 0.1) is 4.92 Å². The molecule has 0 unspecified atom stereocenters. The highest BCUT2D eigenvalue weighted by Crippen LogP contribution is 2.23. The van der Waals surface area contributed by atoms with Crippen molar-refractivity contribution in [3.63, 3.8) is 0 Å². The third-order valence-electron chi connectivity index (χ3n) is 3.56. The number of nitro benzene ring substituents is 1. The maximum atomic E-state index is 11.9. The summed E-state index contributed by atoms with van der Waals surface area (Å²) in [6, 6.07) is 6.38. The predicted molar refractivity (Wildman–Crippen MR) is 71.5 cm³/mol. The molecule has 5 nitrogen and oxygen atoms in total. The Labute approximate surface area is 112 Å². The number of hydrogen-bond donors (Lipinski definition) is 1. The van der Waals surface area contributed by atoms with Gasteiger partial charge in [-0.05, 0) is 18.4 Å². The minimum Gasteiger partial charge on any atom is -0.352 e. The van der Waals surface area contributed by atoms with Gasteiger partial charge < -0.3 is 5.32 Å². The molecule has 0 heterocycles. The Kier molecular flexibility index (Phi) is 4.49. The molecular weight excluding hydrogens is 244 g/mol. The molecule has 0 aliphatic heterocycles. The van der Waals surface area contributed by atoms with Crippen molar-refractivity contribution in [2.75, 3.05) is 0 Å². The molecule has 2 rings (SSSR count). The summed E-state index contributed by atoms with van der Waals surface area (Å²) in [4.78, 5) is 22.2. The standard InChI is InChI=1S/C14H18N2O3/c17-14(12-6-2-1-3-7-12)15-10-11-5-4-8-13(9-11)16(18)19/h4-5,8-9,12H,1-3,6-7,10H2,(H,15,17). The second kappa shape index (κ2) is 6.31. The summed E-state index contributed by atoms with van der Waals surface area (Å²) < 4.78 is 0. The molecule has 19 heavy (non-hydrogen) atoms. The first kappa shape index (κ1) is 13.5. The number of amides is 1. The van der Waals surface area contributed by atoms with E-state index in [0.717, 1.165) is 31.2 Å². The Morgan fingerprint density at radius 2 is 2.05 bits per heavy atom. The molecule has 0 saturated heterocycles. The lowest BCUT2D eigenvalue weighted by Gasteiger charge is -2.20. The summed E-state index contributed by atoms with van der Waals surface area (Å²) in [6.45, 7) is 0.358. The van der Waals surface area contributed by atoms with Crippen LogP contribution in [0.4, 0.5) is 5.69 Å². The van der Waals surface area contributed by atoms with Crippen LogP contribution in [0.25, 0.3) is 0 Å². The minimum absolute atomic E-state index is 0.0596. The van der Waals surface area contributed by atoms with E-state index in [1.165, 1.54) is 18.6 Å². The number of rotatable bonds is 4. The molecule has 5 heteroatoms. The van der Waals surface area contributed by atoms with E-state index in [-0.39, 0.29) is 17.5 Å². The molecule has 1 saturated carbocycles. The summed E-state index contributed by atoms with van der Waals surface area (Å²) in [5.41, 5.74) is 0.822. The summed E-state index contributed by atoms with van der Waals surface area (Å²) in [7, 11) is 0. The number of hydrogen-bond acceptors (Lipinski definition) is 3. The lowest BCUT2D eigenvalue weighted by molar-refractivity contribution is -0.384. The van der Waals surface area contributed by atoms with Crippen molar-refractivity contribution in [2.24, 2.45) is 5.92 Å². The van der Waals surface area contributed by atoms with E-state index in [0.29, 0.717) is 6.54 Å². The first-order valence-electron chi connectivity index (χ1n) is 6.68. The fourth-order valence-electron chi connectivity index (χ4n) is 2.48. The molecule has 0 radical (unpaired) electrons. The highest BCUT2D eigenvalue weighted by atomic mass is 16.6. The van der Waals surface area contributed by atoms with Gasteiger partial charge in [0.25, 0.3) is 5.69 Å². The quantitative estimate of drug-likeness (QED) is 0.669. The van der Waals surface area contributed by atoms with Crippen LogP contribution in [0.5, 0.6) is 0 Å². The summed E-state index contributed by atoms with van der Waals surface area (Å²) >= 11 is 0. The molecule has 1 aliphatic rings. The lowest BCUT2D eigenvalue weighted by Crippen LogP contribution is -2.31. The van der Waals surface area contributed by atoms with E-state index >= 15 is 0 Å². The highest BCUT2D eigenvalue weighted by molar-refractivity contribution is 5.78. The molecule has 1 N–H and O–H groups in total. The number of carbonyl (C=O) groups is 1. The second-order valence-electron chi connectivity index (χ2n) is 4.98. The first-order chi connectivity index (χ1) is 9.16. The van der Waals surface area contributed by atoms with Crippen molar-refractivity contribution in [2.45, 2.75) is 38.6 Å². The van der Waals surface area contributed by atoms with Gasteiger partial charge >= 0.3 is 0 Å². The zero-order chi connectivity index (χ0) is 13.7. The van der Waals surface area contributed by atoms with Crippen molar-refractivity contribution in [3.05, 3.63) is 39.9 Å². The Morgan fingerprint density at radius 1 is 1.32 bits per heavy atom. The average Bonchev–Trinajstić information content (AvgIpc) is 2.46. The molecule has 1 aromatic rings. The number of carbonyl (C=O) groups excluding carboxylic acids is 1. The molecule has 1 aromatic carbocycles. The van der Waals surface area contributed by atoms with Crippen LogP contribution in [0, 0.1) is 16.0 Å². The second-order valence-corrected chi connectivity index (χ2v) is 4.98. The molecular formula is C14H18N2O3. The fraction of sp³-hybridized carbons (Fsp3) is 0.500. The number of benzene rings is 1. The Bertz CT molecular complexity index is 468. The Hall–Kier alpha value is -1.91. The van der Waals surface area contributed by atoms with Gasteiger partial charge in [0.15, 0.2) is 0 Å². The number of non-ortho nitro benzene ring substituents is 1. The van der Waals surface area contributed by atoms with E-state index in [9.17, 15) is 14.9 Å². The Balaban J connectivity index is 1.89. The van der Waals surface area contributed by atoms with Crippen LogP contribution in [0.3, 0.4) is 0 Å². The molecule has 1 aliphatic carbocycles. The maximum absolute atomic E-state index is 11.9. The van der Waals surface area contributed by atoms with E-state index < -0.39 is 4.92 Å². The zero-order valence-corrected chi connectivity index (χ0v) is 10.8. The van der Waals surface area contributed by atoms with Crippen molar-refractivity contribution < 1.29 is 9.72 Å². The fourth-order valence-corrected chi connectivity index (χ4v) is 2.48. The molecule has 1 fully saturated rings. The van der Waals surface area contributed by atoms with Gasteiger partial charge in [-0.25, -0.2) is 0 Å². The third-order valence-corrected chi connectivity index (χ3v) is 3.56. The van der Waals surface area contributed by atoms with Crippen LogP contribution < -0.4 is 5.32 Å². The molecule has 0 spiro atoms. The molecule has 0 bridgehead atoms. The SMILES string of the molecule is O=C(NCc1cccc([N+](=O)[O-])c1)C1CCCCC1. The van der Waals surface area contributed by atoms with Gasteiger partial charge in [-0.1, -0.05) is 31.4 Å². The predicted octanol–water partition coefficient (Wildman–Crippen LogP) is 2.79. The average molecular weight is 262 g/mol. The van der Waals surface area contributed by atoms with Gasteiger partial charge in [-0.3, -0.25) is 14.9 Å². The molecule has 1 amide bonds. The topological polar surface area (TPSA) is 72.2 Å². The van der Waals surface area contributed by atoms with Crippen LogP contribution in [0.15, 0.2) is 24.3 Å². The van der Waals surface area contributed by atoms with Crippen molar-refractivity contribution >= 4 is 11.6 Å². The van der Waals surface area contributed by atoms with Crippen molar-refractivity contribution in [1.29, 1.82) is 0 Å². The monoisotopic (exact) mass is 262 g/mol. The van der Waals surface area contributed by atoms with E-state index in [2.05, 4.69) is 5.32 Å². The molecule has 0 aromatic heterocycles.